The predicted molar refractivity (Wildman–Crippen MR) is 106 cm³/mol. The van der Waals surface area contributed by atoms with Crippen LogP contribution in [0.3, 0.4) is 0 Å². The molecule has 2 heterocycles. The third-order valence-corrected chi connectivity index (χ3v) is 4.21. The van der Waals surface area contributed by atoms with E-state index in [1.807, 2.05) is 46.0 Å². The number of rotatable bonds is 4. The molecule has 2 aromatic heterocycles. The summed E-state index contributed by atoms with van der Waals surface area (Å²) in [6, 6.07) is 9.87. The van der Waals surface area contributed by atoms with Gasteiger partial charge in [-0.3, -0.25) is 4.98 Å². The lowest BCUT2D eigenvalue weighted by molar-refractivity contribution is 0.0505. The van der Waals surface area contributed by atoms with Crippen molar-refractivity contribution in [2.75, 3.05) is 0 Å². The van der Waals surface area contributed by atoms with Crippen molar-refractivity contribution in [2.45, 2.75) is 52.8 Å². The third-order valence-electron chi connectivity index (χ3n) is 4.21. The summed E-state index contributed by atoms with van der Waals surface area (Å²) in [5.41, 5.74) is 3.51. The van der Waals surface area contributed by atoms with E-state index >= 15 is 0 Å². The van der Waals surface area contributed by atoms with Gasteiger partial charge in [-0.1, -0.05) is 12.1 Å². The number of hydrogen-bond acceptors (Lipinski definition) is 4. The van der Waals surface area contributed by atoms with Crippen LogP contribution in [0.2, 0.25) is 0 Å². The van der Waals surface area contributed by atoms with Crippen molar-refractivity contribution in [3.8, 4) is 11.1 Å². The van der Waals surface area contributed by atoms with Crippen LogP contribution in [-0.4, -0.2) is 26.2 Å². The van der Waals surface area contributed by atoms with Gasteiger partial charge in [-0.05, 0) is 58.4 Å². The molecule has 0 spiro atoms. The quantitative estimate of drug-likeness (QED) is 0.726. The maximum absolute atomic E-state index is 12.1. The van der Waals surface area contributed by atoms with Crippen LogP contribution in [0.5, 0.6) is 0 Å². The Morgan fingerprint density at radius 1 is 1.26 bits per heavy atom. The molecule has 0 aliphatic carbocycles. The number of fused-ring (bicyclic) bond motifs is 1. The Morgan fingerprint density at radius 3 is 2.67 bits per heavy atom. The van der Waals surface area contributed by atoms with E-state index in [2.05, 4.69) is 40.0 Å². The Bertz CT molecular complexity index is 942. The lowest BCUT2D eigenvalue weighted by Crippen LogP contribution is -2.34. The largest absolute Gasteiger partial charge is 0.444 e. The molecule has 142 valence electrons. The van der Waals surface area contributed by atoms with Crippen molar-refractivity contribution in [1.29, 1.82) is 0 Å². The Hall–Kier alpha value is -2.89. The molecule has 0 saturated carbocycles. The molecule has 0 radical (unpaired) electrons. The number of hydrogen-bond donors (Lipinski definition) is 1. The van der Waals surface area contributed by atoms with E-state index in [1.165, 1.54) is 0 Å². The minimum absolute atomic E-state index is 0.269. The fraction of sp³-hybridized carbons (Fsp3) is 0.381. The zero-order valence-electron chi connectivity index (χ0n) is 16.5. The van der Waals surface area contributed by atoms with Crippen LogP contribution in [0.1, 0.15) is 46.5 Å². The first-order valence-corrected chi connectivity index (χ1v) is 9.18. The normalized spacial score (nSPS) is 12.8. The molecule has 1 atom stereocenters. The highest BCUT2D eigenvalue weighted by Gasteiger charge is 2.22. The van der Waals surface area contributed by atoms with Crippen LogP contribution in [0.25, 0.3) is 22.2 Å². The van der Waals surface area contributed by atoms with E-state index in [0.29, 0.717) is 0 Å². The summed E-state index contributed by atoms with van der Waals surface area (Å²) in [4.78, 5) is 21.1. The molecule has 1 N–H and O–H groups in total. The molecule has 27 heavy (non-hydrogen) atoms. The Balaban J connectivity index is 1.92. The van der Waals surface area contributed by atoms with Gasteiger partial charge in [0.2, 0.25) is 0 Å². The maximum atomic E-state index is 12.1. The molecule has 0 saturated heterocycles. The minimum atomic E-state index is -0.534. The van der Waals surface area contributed by atoms with Crippen molar-refractivity contribution < 1.29 is 9.53 Å². The second-order valence-corrected chi connectivity index (χ2v) is 7.53. The number of carbonyl (C=O) groups excluding carboxylic acids is 1. The van der Waals surface area contributed by atoms with Gasteiger partial charge in [0.1, 0.15) is 11.4 Å². The van der Waals surface area contributed by atoms with Crippen LogP contribution in [0.15, 0.2) is 42.7 Å². The van der Waals surface area contributed by atoms with Crippen LogP contribution in [-0.2, 0) is 11.3 Å². The topological polar surface area (TPSA) is 69.0 Å². The van der Waals surface area contributed by atoms with Crippen molar-refractivity contribution >= 4 is 17.1 Å². The van der Waals surface area contributed by atoms with Crippen molar-refractivity contribution in [3.63, 3.8) is 0 Å². The summed E-state index contributed by atoms with van der Waals surface area (Å²) in [6.07, 6.45) is 3.16. The van der Waals surface area contributed by atoms with Gasteiger partial charge < -0.3 is 14.6 Å². The monoisotopic (exact) mass is 366 g/mol. The zero-order chi connectivity index (χ0) is 19.6. The lowest BCUT2D eigenvalue weighted by atomic mass is 10.1. The third kappa shape index (κ3) is 4.27. The van der Waals surface area contributed by atoms with Gasteiger partial charge in [-0.2, -0.15) is 0 Å². The first-order valence-electron chi connectivity index (χ1n) is 9.18. The smallest absolute Gasteiger partial charge is 0.408 e. The van der Waals surface area contributed by atoms with E-state index in [0.717, 1.165) is 34.5 Å². The number of amides is 1. The summed E-state index contributed by atoms with van der Waals surface area (Å²) in [6.45, 7) is 10.3. The van der Waals surface area contributed by atoms with Crippen molar-refractivity contribution in [1.82, 2.24) is 19.9 Å². The second-order valence-electron chi connectivity index (χ2n) is 7.53. The summed E-state index contributed by atoms with van der Waals surface area (Å²) >= 11 is 0. The molecular formula is C21H26N4O2. The van der Waals surface area contributed by atoms with Gasteiger partial charge in [-0.25, -0.2) is 9.78 Å². The van der Waals surface area contributed by atoms with Crippen molar-refractivity contribution in [2.24, 2.45) is 0 Å². The molecule has 6 heteroatoms. The SMILES string of the molecule is CCn1c([C@@H](C)NC(=O)OC(C)(C)C)nc2cc(-c3cccnc3)ccc21. The molecular weight excluding hydrogens is 340 g/mol. The van der Waals surface area contributed by atoms with Crippen molar-refractivity contribution in [3.05, 3.63) is 48.5 Å². The zero-order valence-corrected chi connectivity index (χ0v) is 16.5. The Morgan fingerprint density at radius 2 is 2.04 bits per heavy atom. The molecule has 1 amide bonds. The first kappa shape index (κ1) is 18.9. The minimum Gasteiger partial charge on any atom is -0.444 e. The van der Waals surface area contributed by atoms with E-state index in [9.17, 15) is 4.79 Å². The number of ether oxygens (including phenoxy) is 1. The summed E-state index contributed by atoms with van der Waals surface area (Å²) < 4.78 is 7.48. The number of nitrogens with zero attached hydrogens (tertiary/aromatic N) is 3. The van der Waals surface area contributed by atoms with Gasteiger partial charge in [-0.15, -0.1) is 0 Å². The number of benzene rings is 1. The number of carbonyl (C=O) groups is 1. The number of imidazole rings is 1. The number of aryl methyl sites for hydroxylation is 1. The summed E-state index contributed by atoms with van der Waals surface area (Å²) in [7, 11) is 0. The van der Waals surface area contributed by atoms with Gasteiger partial charge in [0, 0.05) is 24.5 Å². The van der Waals surface area contributed by atoms with E-state index in [-0.39, 0.29) is 6.04 Å². The lowest BCUT2D eigenvalue weighted by Gasteiger charge is -2.22. The standard InChI is InChI=1S/C21H26N4O2/c1-6-25-18-10-9-15(16-8-7-11-22-13-16)12-17(18)24-19(25)14(2)23-20(26)27-21(3,4)5/h7-14H,6H2,1-5H3,(H,23,26)/t14-/m1/s1. The Labute approximate surface area is 159 Å². The van der Waals surface area contributed by atoms with Crippen LogP contribution in [0, 0.1) is 0 Å². The molecule has 0 aliphatic rings. The molecule has 6 nitrogen and oxygen atoms in total. The highest BCUT2D eigenvalue weighted by molar-refractivity contribution is 5.82. The molecule has 1 aromatic carbocycles. The fourth-order valence-corrected chi connectivity index (χ4v) is 3.07. The number of pyridine rings is 1. The van der Waals surface area contributed by atoms with Gasteiger partial charge in [0.15, 0.2) is 0 Å². The highest BCUT2D eigenvalue weighted by Crippen LogP contribution is 2.26. The second kappa shape index (κ2) is 7.39. The number of aromatic nitrogens is 3. The molecule has 3 rings (SSSR count). The average molecular weight is 366 g/mol. The fourth-order valence-electron chi connectivity index (χ4n) is 3.07. The van der Waals surface area contributed by atoms with Crippen LogP contribution in [0.4, 0.5) is 4.79 Å². The first-order chi connectivity index (χ1) is 12.8. The Kier molecular flexibility index (Phi) is 5.17. The van der Waals surface area contributed by atoms with E-state index in [1.54, 1.807) is 6.20 Å². The molecule has 0 bridgehead atoms. The average Bonchev–Trinajstić information content (AvgIpc) is 2.98. The van der Waals surface area contributed by atoms with Gasteiger partial charge in [0.05, 0.1) is 17.1 Å². The number of alkyl carbamates (subject to hydrolysis) is 1. The van der Waals surface area contributed by atoms with E-state index < -0.39 is 11.7 Å². The van der Waals surface area contributed by atoms with Gasteiger partial charge >= 0.3 is 6.09 Å². The van der Waals surface area contributed by atoms with Gasteiger partial charge in [0.25, 0.3) is 0 Å². The summed E-state index contributed by atoms with van der Waals surface area (Å²) in [5, 5.41) is 2.88. The summed E-state index contributed by atoms with van der Waals surface area (Å²) in [5.74, 6) is 0.807. The molecule has 0 fully saturated rings. The number of nitrogens with one attached hydrogen (secondary N) is 1. The maximum Gasteiger partial charge on any atom is 0.408 e. The van der Waals surface area contributed by atoms with Crippen LogP contribution >= 0.6 is 0 Å². The van der Waals surface area contributed by atoms with E-state index in [4.69, 9.17) is 9.72 Å². The highest BCUT2D eigenvalue weighted by atomic mass is 16.6. The predicted octanol–water partition coefficient (Wildman–Crippen LogP) is 4.70. The van der Waals surface area contributed by atoms with Crippen LogP contribution < -0.4 is 5.32 Å². The molecule has 0 unspecified atom stereocenters. The molecule has 0 aliphatic heterocycles. The molecule has 3 aromatic rings.